The quantitative estimate of drug-likeness (QED) is 0.461. The highest BCUT2D eigenvalue weighted by molar-refractivity contribution is 14.0. The van der Waals surface area contributed by atoms with Crippen molar-refractivity contribution in [3.05, 3.63) is 35.4 Å². The lowest BCUT2D eigenvalue weighted by Gasteiger charge is -2.22. The Balaban J connectivity index is 0.00000400. The lowest BCUT2D eigenvalue weighted by atomic mass is 10.1. The van der Waals surface area contributed by atoms with Gasteiger partial charge in [0.2, 0.25) is 0 Å². The number of guanidine groups is 1. The lowest BCUT2D eigenvalue weighted by molar-refractivity contribution is -0.137. The summed E-state index contributed by atoms with van der Waals surface area (Å²) in [5.74, 6) is 0.745. The number of nitrogens with zero attached hydrogens (tertiary/aromatic N) is 2. The molecule has 1 rings (SSSR count). The van der Waals surface area contributed by atoms with E-state index >= 15 is 0 Å². The average Bonchev–Trinajstić information content (AvgIpc) is 2.38. The van der Waals surface area contributed by atoms with Crippen LogP contribution in [0.1, 0.15) is 25.0 Å². The number of hydrogen-bond acceptors (Lipinski definition) is 1. The normalized spacial score (nSPS) is 11.8. The van der Waals surface area contributed by atoms with Gasteiger partial charge in [-0.1, -0.05) is 12.1 Å². The molecule has 0 saturated heterocycles. The summed E-state index contributed by atoms with van der Waals surface area (Å²) in [5.41, 5.74) is 0.181. The van der Waals surface area contributed by atoms with Crippen LogP contribution < -0.4 is 5.32 Å². The zero-order valence-electron chi connectivity index (χ0n) is 12.4. The van der Waals surface area contributed by atoms with E-state index in [1.165, 1.54) is 12.1 Å². The van der Waals surface area contributed by atoms with Crippen LogP contribution in [0.4, 0.5) is 13.2 Å². The van der Waals surface area contributed by atoms with E-state index in [2.05, 4.69) is 10.3 Å². The molecule has 1 aromatic rings. The fourth-order valence-electron chi connectivity index (χ4n) is 1.77. The highest BCUT2D eigenvalue weighted by Gasteiger charge is 2.29. The molecule has 0 atom stereocenters. The molecule has 1 N–H and O–H groups in total. The largest absolute Gasteiger partial charge is 0.416 e. The van der Waals surface area contributed by atoms with Crippen molar-refractivity contribution in [1.82, 2.24) is 10.2 Å². The van der Waals surface area contributed by atoms with Crippen LogP contribution in [0.3, 0.4) is 0 Å². The van der Waals surface area contributed by atoms with E-state index in [1.807, 2.05) is 25.8 Å². The smallest absolute Gasteiger partial charge is 0.357 e. The predicted octanol–water partition coefficient (Wildman–Crippen LogP) is 3.74. The minimum Gasteiger partial charge on any atom is -0.357 e. The molecule has 0 radical (unpaired) electrons. The summed E-state index contributed by atoms with van der Waals surface area (Å²) in [6.07, 6.45) is -4.29. The minimum absolute atomic E-state index is 0. The number of alkyl halides is 3. The zero-order chi connectivity index (χ0) is 15.2. The molecule has 3 nitrogen and oxygen atoms in total. The van der Waals surface area contributed by atoms with Gasteiger partial charge >= 0.3 is 6.18 Å². The Morgan fingerprint density at radius 1 is 1.19 bits per heavy atom. The third kappa shape index (κ3) is 6.54. The van der Waals surface area contributed by atoms with Crippen LogP contribution in [0.5, 0.6) is 0 Å². The van der Waals surface area contributed by atoms with E-state index in [1.54, 1.807) is 0 Å². The van der Waals surface area contributed by atoms with E-state index in [9.17, 15) is 13.2 Å². The van der Waals surface area contributed by atoms with E-state index in [0.717, 1.165) is 30.2 Å². The fraction of sp³-hybridized carbons (Fsp3) is 0.500. The van der Waals surface area contributed by atoms with E-state index in [0.29, 0.717) is 13.1 Å². The van der Waals surface area contributed by atoms with Gasteiger partial charge in [0, 0.05) is 26.7 Å². The fourth-order valence-corrected chi connectivity index (χ4v) is 1.77. The molecule has 21 heavy (non-hydrogen) atoms. The first kappa shape index (κ1) is 20.0. The molecule has 0 aliphatic heterocycles. The van der Waals surface area contributed by atoms with Crippen molar-refractivity contribution in [3.63, 3.8) is 0 Å². The highest BCUT2D eigenvalue weighted by atomic mass is 127. The predicted molar refractivity (Wildman–Crippen MR) is 90.0 cm³/mol. The van der Waals surface area contributed by atoms with E-state index < -0.39 is 11.7 Å². The summed E-state index contributed by atoms with van der Waals surface area (Å²) in [5, 5.41) is 3.14. The summed E-state index contributed by atoms with van der Waals surface area (Å²) in [7, 11) is 1.86. The Kier molecular flexibility index (Phi) is 8.68. The molecule has 0 unspecified atom stereocenters. The monoisotopic (exact) mass is 415 g/mol. The number of halogens is 4. The van der Waals surface area contributed by atoms with Gasteiger partial charge in [-0.2, -0.15) is 13.2 Å². The second kappa shape index (κ2) is 9.11. The number of nitrogens with one attached hydrogen (secondary N) is 1. The second-order valence-corrected chi connectivity index (χ2v) is 4.38. The highest BCUT2D eigenvalue weighted by Crippen LogP contribution is 2.29. The third-order valence-corrected chi connectivity index (χ3v) is 2.71. The van der Waals surface area contributed by atoms with E-state index in [4.69, 9.17) is 0 Å². The molecular formula is C14H21F3IN3. The van der Waals surface area contributed by atoms with Crippen LogP contribution in [-0.4, -0.2) is 31.0 Å². The maximum absolute atomic E-state index is 12.5. The summed E-state index contributed by atoms with van der Waals surface area (Å²) in [6, 6.07) is 5.20. The molecule has 0 bridgehead atoms. The third-order valence-electron chi connectivity index (χ3n) is 2.71. The molecule has 120 valence electrons. The first-order chi connectivity index (χ1) is 9.38. The Labute approximate surface area is 140 Å². The van der Waals surface area contributed by atoms with Crippen LogP contribution in [0.15, 0.2) is 29.3 Å². The second-order valence-electron chi connectivity index (χ2n) is 4.38. The van der Waals surface area contributed by atoms with Gasteiger partial charge in [0.25, 0.3) is 0 Å². The van der Waals surface area contributed by atoms with Crippen molar-refractivity contribution >= 4 is 29.9 Å². The van der Waals surface area contributed by atoms with Gasteiger partial charge in [-0.05, 0) is 31.5 Å². The Morgan fingerprint density at radius 3 is 2.19 bits per heavy atom. The first-order valence-electron chi connectivity index (χ1n) is 6.54. The number of rotatable bonds is 4. The van der Waals surface area contributed by atoms with Crippen molar-refractivity contribution in [2.24, 2.45) is 4.99 Å². The van der Waals surface area contributed by atoms with Crippen molar-refractivity contribution in [2.75, 3.05) is 20.1 Å². The Bertz CT molecular complexity index is 444. The summed E-state index contributed by atoms with van der Waals surface area (Å²) >= 11 is 0. The van der Waals surface area contributed by atoms with Gasteiger partial charge in [-0.25, -0.2) is 0 Å². The maximum Gasteiger partial charge on any atom is 0.416 e. The van der Waals surface area contributed by atoms with Gasteiger partial charge in [-0.15, -0.1) is 24.0 Å². The molecule has 0 saturated carbocycles. The van der Waals surface area contributed by atoms with Crippen LogP contribution >= 0.6 is 24.0 Å². The molecule has 0 aromatic heterocycles. The Morgan fingerprint density at radius 2 is 1.76 bits per heavy atom. The van der Waals surface area contributed by atoms with Gasteiger partial charge in [0.1, 0.15) is 0 Å². The number of benzene rings is 1. The zero-order valence-corrected chi connectivity index (χ0v) is 14.7. The van der Waals surface area contributed by atoms with Crippen molar-refractivity contribution < 1.29 is 13.2 Å². The van der Waals surface area contributed by atoms with E-state index in [-0.39, 0.29) is 24.0 Å². The average molecular weight is 415 g/mol. The van der Waals surface area contributed by atoms with Gasteiger partial charge in [-0.3, -0.25) is 4.99 Å². The molecule has 0 heterocycles. The van der Waals surface area contributed by atoms with Crippen molar-refractivity contribution in [3.8, 4) is 0 Å². The van der Waals surface area contributed by atoms with Crippen molar-refractivity contribution in [2.45, 2.75) is 26.6 Å². The molecule has 0 amide bonds. The van der Waals surface area contributed by atoms with Crippen LogP contribution in [0, 0.1) is 0 Å². The lowest BCUT2D eigenvalue weighted by Crippen LogP contribution is -2.38. The van der Waals surface area contributed by atoms with Gasteiger partial charge in [0.05, 0.1) is 5.56 Å². The topological polar surface area (TPSA) is 27.6 Å². The molecule has 0 aliphatic carbocycles. The first-order valence-corrected chi connectivity index (χ1v) is 6.54. The molecule has 1 aromatic carbocycles. The maximum atomic E-state index is 12.5. The summed E-state index contributed by atoms with van der Waals surface area (Å²) in [6.45, 7) is 5.81. The van der Waals surface area contributed by atoms with Crippen LogP contribution in [-0.2, 0) is 12.7 Å². The van der Waals surface area contributed by atoms with Gasteiger partial charge in [0.15, 0.2) is 5.96 Å². The number of hydrogen-bond donors (Lipinski definition) is 1. The molecule has 7 heteroatoms. The molecule has 0 fully saturated rings. The summed E-state index contributed by atoms with van der Waals surface area (Å²) in [4.78, 5) is 6.20. The molecule has 0 aliphatic rings. The van der Waals surface area contributed by atoms with Crippen LogP contribution in [0.25, 0.3) is 0 Å². The summed E-state index contributed by atoms with van der Waals surface area (Å²) < 4.78 is 37.4. The number of aliphatic imine (C=N–C) groups is 1. The SMILES string of the molecule is CCN=C(NCC)N(C)Cc1ccc(C(F)(F)F)cc1.I. The van der Waals surface area contributed by atoms with Crippen LogP contribution in [0.2, 0.25) is 0 Å². The standard InChI is InChI=1S/C14H20F3N3.HI/c1-4-18-13(19-5-2)20(3)10-11-6-8-12(9-7-11)14(15,16)17;/h6-9H,4-5,10H2,1-3H3,(H,18,19);1H. The Hall–Kier alpha value is -0.990. The minimum atomic E-state index is -4.29. The van der Waals surface area contributed by atoms with Gasteiger partial charge < -0.3 is 10.2 Å². The molecular weight excluding hydrogens is 394 g/mol. The molecule has 0 spiro atoms. The van der Waals surface area contributed by atoms with Crippen molar-refractivity contribution in [1.29, 1.82) is 0 Å².